The van der Waals surface area contributed by atoms with E-state index in [-0.39, 0.29) is 5.56 Å². The predicted octanol–water partition coefficient (Wildman–Crippen LogP) is 3.32. The van der Waals surface area contributed by atoms with Gasteiger partial charge in [-0.05, 0) is 31.9 Å². The number of allylic oxidation sites excluding steroid dienone is 1. The first-order valence-electron chi connectivity index (χ1n) is 4.86. The van der Waals surface area contributed by atoms with Crippen LogP contribution in [-0.4, -0.2) is 0 Å². The summed E-state index contributed by atoms with van der Waals surface area (Å²) in [5.74, 6) is -1.16. The van der Waals surface area contributed by atoms with E-state index in [0.717, 1.165) is 5.57 Å². The van der Waals surface area contributed by atoms with E-state index >= 15 is 0 Å². The van der Waals surface area contributed by atoms with Gasteiger partial charge in [0, 0.05) is 11.6 Å². The van der Waals surface area contributed by atoms with Crippen molar-refractivity contribution in [3.63, 3.8) is 0 Å². The van der Waals surface area contributed by atoms with Gasteiger partial charge in [-0.25, -0.2) is 8.78 Å². The second-order valence-electron chi connectivity index (χ2n) is 3.74. The van der Waals surface area contributed by atoms with E-state index < -0.39 is 17.7 Å². The van der Waals surface area contributed by atoms with Gasteiger partial charge in [0.1, 0.15) is 11.6 Å². The summed E-state index contributed by atoms with van der Waals surface area (Å²) in [7, 11) is 0. The van der Waals surface area contributed by atoms with Gasteiger partial charge < -0.3 is 5.73 Å². The van der Waals surface area contributed by atoms with Crippen molar-refractivity contribution >= 4 is 0 Å². The Morgan fingerprint density at radius 3 is 2.40 bits per heavy atom. The predicted molar refractivity (Wildman–Crippen MR) is 57.3 cm³/mol. The van der Waals surface area contributed by atoms with Crippen molar-refractivity contribution in [1.82, 2.24) is 0 Å². The third-order valence-corrected chi connectivity index (χ3v) is 2.25. The van der Waals surface area contributed by atoms with E-state index in [9.17, 15) is 8.78 Å². The molecule has 0 spiro atoms. The molecule has 1 rings (SSSR count). The van der Waals surface area contributed by atoms with Crippen molar-refractivity contribution in [2.45, 2.75) is 25.8 Å². The van der Waals surface area contributed by atoms with E-state index in [2.05, 4.69) is 6.58 Å². The Morgan fingerprint density at radius 1 is 1.40 bits per heavy atom. The molecular formula is C12H15F2N. The monoisotopic (exact) mass is 211 g/mol. The summed E-state index contributed by atoms with van der Waals surface area (Å²) in [4.78, 5) is 0. The highest BCUT2D eigenvalue weighted by Crippen LogP contribution is 2.23. The number of hydrogen-bond donors (Lipinski definition) is 1. The molecule has 0 heterocycles. The van der Waals surface area contributed by atoms with Gasteiger partial charge >= 0.3 is 0 Å². The van der Waals surface area contributed by atoms with E-state index in [1.165, 1.54) is 18.2 Å². The molecule has 1 nitrogen and oxygen atoms in total. The topological polar surface area (TPSA) is 26.0 Å². The quantitative estimate of drug-likeness (QED) is 0.759. The molecule has 0 aliphatic heterocycles. The zero-order chi connectivity index (χ0) is 11.4. The number of halogens is 2. The van der Waals surface area contributed by atoms with Gasteiger partial charge in [0.15, 0.2) is 0 Å². The lowest BCUT2D eigenvalue weighted by molar-refractivity contribution is 0.512. The number of nitrogens with two attached hydrogens (primary N) is 1. The van der Waals surface area contributed by atoms with Crippen molar-refractivity contribution in [2.24, 2.45) is 5.73 Å². The fraction of sp³-hybridized carbons (Fsp3) is 0.333. The minimum atomic E-state index is -0.608. The van der Waals surface area contributed by atoms with Gasteiger partial charge in [0.2, 0.25) is 0 Å². The van der Waals surface area contributed by atoms with Gasteiger partial charge in [-0.15, -0.1) is 6.58 Å². The van der Waals surface area contributed by atoms with Crippen LogP contribution in [0.3, 0.4) is 0 Å². The van der Waals surface area contributed by atoms with Gasteiger partial charge in [0.05, 0.1) is 0 Å². The molecule has 0 saturated carbocycles. The number of rotatable bonds is 4. The third-order valence-electron chi connectivity index (χ3n) is 2.25. The molecule has 3 heteroatoms. The number of hydrogen-bond acceptors (Lipinski definition) is 1. The maximum atomic E-state index is 13.3. The largest absolute Gasteiger partial charge is 0.324 e. The Morgan fingerprint density at radius 2 is 1.93 bits per heavy atom. The lowest BCUT2D eigenvalue weighted by Crippen LogP contribution is -2.14. The molecule has 0 aliphatic carbocycles. The molecule has 15 heavy (non-hydrogen) atoms. The average Bonchev–Trinajstić information content (AvgIpc) is 2.14. The highest BCUT2D eigenvalue weighted by atomic mass is 19.1. The van der Waals surface area contributed by atoms with Gasteiger partial charge in [-0.1, -0.05) is 11.6 Å². The maximum Gasteiger partial charge on any atom is 0.130 e. The van der Waals surface area contributed by atoms with Crippen molar-refractivity contribution in [3.05, 3.63) is 47.5 Å². The fourth-order valence-corrected chi connectivity index (χ4v) is 1.41. The van der Waals surface area contributed by atoms with Crippen molar-refractivity contribution in [2.75, 3.05) is 0 Å². The highest BCUT2D eigenvalue weighted by molar-refractivity contribution is 5.23. The lowest BCUT2D eigenvalue weighted by atomic mass is 10.00. The standard InChI is InChI=1S/C12H15F2N/c1-8(2)6-7-11(15)12-9(13)4-3-5-10(12)14/h3-5,11H,1,6-7,15H2,2H3. The summed E-state index contributed by atoms with van der Waals surface area (Å²) < 4.78 is 26.6. The highest BCUT2D eigenvalue weighted by Gasteiger charge is 2.15. The summed E-state index contributed by atoms with van der Waals surface area (Å²) in [6.07, 6.45) is 1.18. The minimum absolute atomic E-state index is 0.0289. The second kappa shape index (κ2) is 5.03. The normalized spacial score (nSPS) is 12.5. The zero-order valence-electron chi connectivity index (χ0n) is 8.76. The molecule has 1 aromatic carbocycles. The molecule has 1 unspecified atom stereocenters. The first-order chi connectivity index (χ1) is 7.02. The summed E-state index contributed by atoms with van der Waals surface area (Å²) in [5, 5.41) is 0. The molecule has 0 aromatic heterocycles. The molecule has 0 fully saturated rings. The van der Waals surface area contributed by atoms with E-state index in [1.54, 1.807) is 0 Å². The maximum absolute atomic E-state index is 13.3. The van der Waals surface area contributed by atoms with Gasteiger partial charge in [-0.2, -0.15) is 0 Å². The van der Waals surface area contributed by atoms with Crippen molar-refractivity contribution in [1.29, 1.82) is 0 Å². The lowest BCUT2D eigenvalue weighted by Gasteiger charge is -2.13. The van der Waals surface area contributed by atoms with Crippen LogP contribution in [-0.2, 0) is 0 Å². The minimum Gasteiger partial charge on any atom is -0.324 e. The number of benzene rings is 1. The van der Waals surface area contributed by atoms with Crippen LogP contribution >= 0.6 is 0 Å². The van der Waals surface area contributed by atoms with Crippen molar-refractivity contribution < 1.29 is 8.78 Å². The van der Waals surface area contributed by atoms with Crippen LogP contribution in [0.5, 0.6) is 0 Å². The Labute approximate surface area is 88.6 Å². The molecule has 0 saturated heterocycles. The molecule has 0 bridgehead atoms. The first kappa shape index (κ1) is 11.9. The summed E-state index contributed by atoms with van der Waals surface area (Å²) >= 11 is 0. The molecule has 0 amide bonds. The van der Waals surface area contributed by atoms with Crippen LogP contribution < -0.4 is 5.73 Å². The fourth-order valence-electron chi connectivity index (χ4n) is 1.41. The molecule has 2 N–H and O–H groups in total. The van der Waals surface area contributed by atoms with E-state index in [4.69, 9.17) is 5.73 Å². The van der Waals surface area contributed by atoms with Crippen LogP contribution in [0.2, 0.25) is 0 Å². The SMILES string of the molecule is C=C(C)CCC(N)c1c(F)cccc1F. The molecular weight excluding hydrogens is 196 g/mol. The van der Waals surface area contributed by atoms with E-state index in [0.29, 0.717) is 12.8 Å². The van der Waals surface area contributed by atoms with Crippen LogP contribution in [0.4, 0.5) is 8.78 Å². The third kappa shape index (κ3) is 3.13. The molecule has 1 aromatic rings. The van der Waals surface area contributed by atoms with Crippen LogP contribution in [0, 0.1) is 11.6 Å². The summed E-state index contributed by atoms with van der Waals surface area (Å²) in [6, 6.07) is 3.17. The molecule has 1 atom stereocenters. The van der Waals surface area contributed by atoms with Crippen molar-refractivity contribution in [3.8, 4) is 0 Å². The zero-order valence-corrected chi connectivity index (χ0v) is 8.76. The molecule has 82 valence electrons. The molecule has 0 aliphatic rings. The van der Waals surface area contributed by atoms with Gasteiger partial charge in [-0.3, -0.25) is 0 Å². The Bertz CT molecular complexity index is 340. The first-order valence-corrected chi connectivity index (χ1v) is 4.86. The van der Waals surface area contributed by atoms with E-state index in [1.807, 2.05) is 6.92 Å². The second-order valence-corrected chi connectivity index (χ2v) is 3.74. The van der Waals surface area contributed by atoms with Crippen LogP contribution in [0.25, 0.3) is 0 Å². The Hall–Kier alpha value is -1.22. The van der Waals surface area contributed by atoms with Crippen LogP contribution in [0.1, 0.15) is 31.4 Å². The average molecular weight is 211 g/mol. The summed E-state index contributed by atoms with van der Waals surface area (Å²) in [5.41, 5.74) is 6.66. The Kier molecular flexibility index (Phi) is 3.97. The smallest absolute Gasteiger partial charge is 0.130 e. The summed E-state index contributed by atoms with van der Waals surface area (Å²) in [6.45, 7) is 5.59. The Balaban J connectivity index is 2.81. The molecule has 0 radical (unpaired) electrons. The van der Waals surface area contributed by atoms with Crippen LogP contribution in [0.15, 0.2) is 30.4 Å². The van der Waals surface area contributed by atoms with Gasteiger partial charge in [0.25, 0.3) is 0 Å².